The van der Waals surface area contributed by atoms with Crippen molar-refractivity contribution in [3.8, 4) is 5.75 Å². The summed E-state index contributed by atoms with van der Waals surface area (Å²) in [5, 5.41) is 10.5. The van der Waals surface area contributed by atoms with Crippen LogP contribution in [0.1, 0.15) is 49.2 Å². The zero-order valence-corrected chi connectivity index (χ0v) is 15.3. The molecule has 4 heteroatoms. The standard InChI is InChI=1S/C21H27NO3/c1-5-15(2)25-19-13-9-12-18(14-19)21(24)22(4)16(3)20(23)17-10-7-6-8-11-17/h6-16,20,23H,5H2,1-4H3. The van der Waals surface area contributed by atoms with Gasteiger partial charge in [0.2, 0.25) is 0 Å². The molecule has 0 saturated heterocycles. The minimum Gasteiger partial charge on any atom is -0.491 e. The number of aliphatic hydroxyl groups excluding tert-OH is 1. The van der Waals surface area contributed by atoms with Crippen molar-refractivity contribution in [2.45, 2.75) is 45.4 Å². The quantitative estimate of drug-likeness (QED) is 0.826. The molecule has 2 rings (SSSR count). The largest absolute Gasteiger partial charge is 0.491 e. The van der Waals surface area contributed by atoms with Crippen molar-refractivity contribution in [1.82, 2.24) is 4.90 Å². The summed E-state index contributed by atoms with van der Waals surface area (Å²) < 4.78 is 5.79. The van der Waals surface area contributed by atoms with Crippen LogP contribution in [0.15, 0.2) is 54.6 Å². The van der Waals surface area contributed by atoms with Crippen LogP contribution in [-0.4, -0.2) is 35.1 Å². The predicted octanol–water partition coefficient (Wildman–Crippen LogP) is 4.06. The Morgan fingerprint density at radius 1 is 1.12 bits per heavy atom. The number of nitrogens with zero attached hydrogens (tertiary/aromatic N) is 1. The molecular formula is C21H27NO3. The molecule has 0 saturated carbocycles. The molecule has 0 spiro atoms. The van der Waals surface area contributed by atoms with E-state index in [2.05, 4.69) is 6.92 Å². The van der Waals surface area contributed by atoms with Crippen molar-refractivity contribution in [3.63, 3.8) is 0 Å². The van der Waals surface area contributed by atoms with Crippen LogP contribution in [-0.2, 0) is 0 Å². The first-order valence-electron chi connectivity index (χ1n) is 8.71. The molecular weight excluding hydrogens is 314 g/mol. The number of aliphatic hydroxyl groups is 1. The van der Waals surface area contributed by atoms with E-state index in [1.807, 2.05) is 56.3 Å². The molecule has 1 N–H and O–H groups in total. The van der Waals surface area contributed by atoms with Crippen LogP contribution in [0.25, 0.3) is 0 Å². The molecule has 2 aromatic carbocycles. The third-order valence-corrected chi connectivity index (χ3v) is 4.52. The van der Waals surface area contributed by atoms with E-state index in [1.54, 1.807) is 24.1 Å². The van der Waals surface area contributed by atoms with E-state index < -0.39 is 6.10 Å². The predicted molar refractivity (Wildman–Crippen MR) is 99.8 cm³/mol. The number of carbonyl (C=O) groups is 1. The summed E-state index contributed by atoms with van der Waals surface area (Å²) in [4.78, 5) is 14.4. The second-order valence-corrected chi connectivity index (χ2v) is 6.38. The Morgan fingerprint density at radius 2 is 1.80 bits per heavy atom. The number of hydrogen-bond acceptors (Lipinski definition) is 3. The van der Waals surface area contributed by atoms with E-state index in [9.17, 15) is 9.90 Å². The maximum Gasteiger partial charge on any atom is 0.254 e. The summed E-state index contributed by atoms with van der Waals surface area (Å²) >= 11 is 0. The van der Waals surface area contributed by atoms with Gasteiger partial charge in [0, 0.05) is 12.6 Å². The highest BCUT2D eigenvalue weighted by atomic mass is 16.5. The summed E-state index contributed by atoms with van der Waals surface area (Å²) in [7, 11) is 1.71. The summed E-state index contributed by atoms with van der Waals surface area (Å²) in [5.74, 6) is 0.543. The molecule has 0 fully saturated rings. The fourth-order valence-electron chi connectivity index (χ4n) is 2.55. The molecule has 3 unspecified atom stereocenters. The molecule has 0 heterocycles. The zero-order chi connectivity index (χ0) is 18.4. The van der Waals surface area contributed by atoms with E-state index in [0.717, 1.165) is 12.0 Å². The van der Waals surface area contributed by atoms with Crippen molar-refractivity contribution in [3.05, 3.63) is 65.7 Å². The van der Waals surface area contributed by atoms with E-state index in [0.29, 0.717) is 11.3 Å². The number of amides is 1. The van der Waals surface area contributed by atoms with E-state index in [4.69, 9.17) is 4.74 Å². The molecule has 0 aliphatic rings. The van der Waals surface area contributed by atoms with Crippen LogP contribution in [0.5, 0.6) is 5.75 Å². The van der Waals surface area contributed by atoms with Crippen molar-refractivity contribution in [2.75, 3.05) is 7.05 Å². The summed E-state index contributed by atoms with van der Waals surface area (Å²) in [6.07, 6.45) is 0.259. The first-order valence-corrected chi connectivity index (χ1v) is 8.71. The Balaban J connectivity index is 2.12. The molecule has 4 nitrogen and oxygen atoms in total. The average molecular weight is 341 g/mol. The van der Waals surface area contributed by atoms with Gasteiger partial charge in [-0.3, -0.25) is 4.79 Å². The molecule has 0 aromatic heterocycles. The summed E-state index contributed by atoms with van der Waals surface area (Å²) in [6.45, 7) is 5.90. The summed E-state index contributed by atoms with van der Waals surface area (Å²) in [6, 6.07) is 16.2. The number of carbonyl (C=O) groups excluding carboxylic acids is 1. The van der Waals surface area contributed by atoms with E-state index in [-0.39, 0.29) is 18.1 Å². The Kier molecular flexibility index (Phi) is 6.59. The SMILES string of the molecule is CCC(C)Oc1cccc(C(=O)N(C)C(C)C(O)c2ccccc2)c1. The molecule has 0 aliphatic heterocycles. The van der Waals surface area contributed by atoms with Gasteiger partial charge < -0.3 is 14.7 Å². The lowest BCUT2D eigenvalue weighted by Crippen LogP contribution is -2.39. The van der Waals surface area contributed by atoms with E-state index in [1.165, 1.54) is 0 Å². The summed E-state index contributed by atoms with van der Waals surface area (Å²) in [5.41, 5.74) is 1.35. The van der Waals surface area contributed by atoms with Gasteiger partial charge in [-0.15, -0.1) is 0 Å². The number of benzene rings is 2. The third-order valence-electron chi connectivity index (χ3n) is 4.52. The first kappa shape index (κ1) is 19.0. The Bertz CT molecular complexity index is 687. The zero-order valence-electron chi connectivity index (χ0n) is 15.3. The van der Waals surface area contributed by atoms with Gasteiger partial charge in [-0.25, -0.2) is 0 Å². The van der Waals surface area contributed by atoms with Crippen LogP contribution >= 0.6 is 0 Å². The molecule has 1 amide bonds. The van der Waals surface area contributed by atoms with Gasteiger partial charge in [0.15, 0.2) is 0 Å². The van der Waals surface area contributed by atoms with Crippen molar-refractivity contribution in [1.29, 1.82) is 0 Å². The molecule has 25 heavy (non-hydrogen) atoms. The van der Waals surface area contributed by atoms with Crippen LogP contribution in [0.3, 0.4) is 0 Å². The van der Waals surface area contributed by atoms with Crippen molar-refractivity contribution in [2.24, 2.45) is 0 Å². The topological polar surface area (TPSA) is 49.8 Å². The second-order valence-electron chi connectivity index (χ2n) is 6.38. The lowest BCUT2D eigenvalue weighted by atomic mass is 10.0. The molecule has 0 bridgehead atoms. The molecule has 0 radical (unpaired) electrons. The molecule has 3 atom stereocenters. The fraction of sp³-hybridized carbons (Fsp3) is 0.381. The lowest BCUT2D eigenvalue weighted by Gasteiger charge is -2.29. The third kappa shape index (κ3) is 4.83. The van der Waals surface area contributed by atoms with Crippen LogP contribution in [0.4, 0.5) is 0 Å². The van der Waals surface area contributed by atoms with Gasteiger partial charge in [0.1, 0.15) is 5.75 Å². The minimum absolute atomic E-state index is 0.0990. The Labute approximate surface area is 150 Å². The van der Waals surface area contributed by atoms with E-state index >= 15 is 0 Å². The fourth-order valence-corrected chi connectivity index (χ4v) is 2.55. The minimum atomic E-state index is -0.741. The Morgan fingerprint density at radius 3 is 2.44 bits per heavy atom. The Hall–Kier alpha value is -2.33. The molecule has 0 aliphatic carbocycles. The van der Waals surface area contributed by atoms with Crippen LogP contribution in [0, 0.1) is 0 Å². The highest BCUT2D eigenvalue weighted by Crippen LogP contribution is 2.22. The van der Waals surface area contributed by atoms with Gasteiger partial charge in [-0.1, -0.05) is 43.3 Å². The van der Waals surface area contributed by atoms with Crippen molar-refractivity contribution < 1.29 is 14.6 Å². The van der Waals surface area contributed by atoms with Gasteiger partial charge >= 0.3 is 0 Å². The molecule has 134 valence electrons. The first-order chi connectivity index (χ1) is 11.9. The normalized spacial score (nSPS) is 14.4. The monoisotopic (exact) mass is 341 g/mol. The van der Waals surface area contributed by atoms with Gasteiger partial charge in [0.05, 0.1) is 18.2 Å². The second kappa shape index (κ2) is 8.67. The number of hydrogen-bond donors (Lipinski definition) is 1. The smallest absolute Gasteiger partial charge is 0.254 e. The highest BCUT2D eigenvalue weighted by molar-refractivity contribution is 5.94. The maximum atomic E-state index is 12.8. The lowest BCUT2D eigenvalue weighted by molar-refractivity contribution is 0.0486. The molecule has 2 aromatic rings. The van der Waals surface area contributed by atoms with Gasteiger partial charge in [-0.05, 0) is 44.0 Å². The van der Waals surface area contributed by atoms with Crippen LogP contribution in [0.2, 0.25) is 0 Å². The van der Waals surface area contributed by atoms with Crippen LogP contribution < -0.4 is 4.74 Å². The number of rotatable bonds is 7. The van der Waals surface area contributed by atoms with Gasteiger partial charge in [-0.2, -0.15) is 0 Å². The van der Waals surface area contributed by atoms with Crippen molar-refractivity contribution >= 4 is 5.91 Å². The maximum absolute atomic E-state index is 12.8. The number of ether oxygens (including phenoxy) is 1. The highest BCUT2D eigenvalue weighted by Gasteiger charge is 2.25. The number of likely N-dealkylation sites (N-methyl/N-ethyl adjacent to an activating group) is 1. The van der Waals surface area contributed by atoms with Gasteiger partial charge in [0.25, 0.3) is 5.91 Å². The average Bonchev–Trinajstić information content (AvgIpc) is 2.66.